The molecule has 2 aliphatic carbocycles. The molecule has 2 atom stereocenters. The van der Waals surface area contributed by atoms with Crippen molar-refractivity contribution in [3.63, 3.8) is 0 Å². The van der Waals surface area contributed by atoms with Gasteiger partial charge in [0, 0.05) is 12.5 Å². The zero-order valence-corrected chi connectivity index (χ0v) is 22.1. The number of sulfone groups is 1. The highest BCUT2D eigenvalue weighted by molar-refractivity contribution is 7.90. The Labute approximate surface area is 207 Å². The van der Waals surface area contributed by atoms with Crippen LogP contribution in [0.5, 0.6) is 0 Å². The second-order valence-corrected chi connectivity index (χ2v) is 13.4. The first-order valence-corrected chi connectivity index (χ1v) is 15.5. The third-order valence-electron chi connectivity index (χ3n) is 7.09. The Bertz CT molecular complexity index is 1220. The van der Waals surface area contributed by atoms with Crippen molar-refractivity contribution >= 4 is 34.5 Å². The number of anilines is 1. The molecule has 10 heteroatoms. The van der Waals surface area contributed by atoms with Gasteiger partial charge in [-0.3, -0.25) is 9.36 Å². The minimum absolute atomic E-state index is 0.186. The number of aromatic nitrogens is 1. The van der Waals surface area contributed by atoms with Gasteiger partial charge < -0.3 is 14.4 Å². The van der Waals surface area contributed by atoms with E-state index in [0.29, 0.717) is 17.6 Å². The number of rotatable bonds is 10. The van der Waals surface area contributed by atoms with Crippen LogP contribution in [0.3, 0.4) is 0 Å². The Morgan fingerprint density at radius 1 is 1.11 bits per heavy atom. The van der Waals surface area contributed by atoms with Gasteiger partial charge in [-0.05, 0) is 61.9 Å². The Morgan fingerprint density at radius 2 is 1.74 bits per heavy atom. The molecule has 0 spiro atoms. The van der Waals surface area contributed by atoms with Crippen molar-refractivity contribution in [1.82, 2.24) is 4.98 Å². The van der Waals surface area contributed by atoms with Crippen molar-refractivity contribution in [2.45, 2.75) is 56.3 Å². The molecule has 2 unspecified atom stereocenters. The van der Waals surface area contributed by atoms with Crippen molar-refractivity contribution < 1.29 is 26.8 Å². The van der Waals surface area contributed by atoms with Crippen LogP contribution in [0, 0.1) is 11.8 Å². The number of hydrogen-bond donors (Lipinski definition) is 1. The van der Waals surface area contributed by atoms with E-state index in [0.717, 1.165) is 18.4 Å². The molecule has 1 aromatic heterocycles. The van der Waals surface area contributed by atoms with Crippen LogP contribution < -0.4 is 10.6 Å². The second-order valence-electron chi connectivity index (χ2n) is 9.31. The van der Waals surface area contributed by atoms with Crippen molar-refractivity contribution in [2.75, 3.05) is 24.8 Å². The largest absolute Gasteiger partial charge is 0.361 e. The van der Waals surface area contributed by atoms with Gasteiger partial charge in [-0.25, -0.2) is 13.4 Å². The summed E-state index contributed by atoms with van der Waals surface area (Å²) in [5.74, 6) is 0.742. The SMILES string of the molecule is CCOP(=O)(OCC)c1ccnc(NC(=O)C2(c3ccc(S(C)(=O)=O)cc3)CC2C2CCCC2)c1. The minimum atomic E-state index is -3.52. The Balaban J connectivity index is 1.64. The smallest absolute Gasteiger partial charge is 0.310 e. The number of carbonyl (C=O) groups excluding carboxylic acids is 1. The van der Waals surface area contributed by atoms with Gasteiger partial charge in [-0.15, -0.1) is 0 Å². The molecule has 35 heavy (non-hydrogen) atoms. The quantitative estimate of drug-likeness (QED) is 0.460. The molecule has 1 N–H and O–H groups in total. The maximum absolute atomic E-state index is 13.8. The third kappa shape index (κ3) is 5.24. The first kappa shape index (κ1) is 26.0. The number of carbonyl (C=O) groups is 1. The molecule has 190 valence electrons. The topological polar surface area (TPSA) is 112 Å². The average Bonchev–Trinajstić information content (AvgIpc) is 3.35. The fourth-order valence-corrected chi connectivity index (χ4v) is 7.57. The summed E-state index contributed by atoms with van der Waals surface area (Å²) in [4.78, 5) is 18.3. The summed E-state index contributed by atoms with van der Waals surface area (Å²) in [5, 5.41) is 3.27. The fraction of sp³-hybridized carbons (Fsp3) is 0.520. The Morgan fingerprint density at radius 3 is 2.31 bits per heavy atom. The molecule has 1 aromatic carbocycles. The fourth-order valence-electron chi connectivity index (χ4n) is 5.35. The highest BCUT2D eigenvalue weighted by atomic mass is 32.2. The van der Waals surface area contributed by atoms with Crippen LogP contribution >= 0.6 is 7.60 Å². The van der Waals surface area contributed by atoms with Crippen molar-refractivity contribution in [3.05, 3.63) is 48.2 Å². The van der Waals surface area contributed by atoms with E-state index in [1.807, 2.05) is 0 Å². The molecule has 0 bridgehead atoms. The molecule has 2 aromatic rings. The number of benzene rings is 1. The van der Waals surface area contributed by atoms with Gasteiger partial charge in [-0.1, -0.05) is 37.8 Å². The number of amides is 1. The highest BCUT2D eigenvalue weighted by Crippen LogP contribution is 2.61. The maximum Gasteiger partial charge on any atom is 0.361 e. The predicted octanol–water partition coefficient (Wildman–Crippen LogP) is 4.46. The molecule has 0 aliphatic heterocycles. The van der Waals surface area contributed by atoms with Gasteiger partial charge in [0.2, 0.25) is 5.91 Å². The lowest BCUT2D eigenvalue weighted by molar-refractivity contribution is -0.119. The van der Waals surface area contributed by atoms with Gasteiger partial charge in [-0.2, -0.15) is 0 Å². The summed E-state index contributed by atoms with van der Waals surface area (Å²) in [6.45, 7) is 3.92. The van der Waals surface area contributed by atoms with E-state index in [4.69, 9.17) is 9.05 Å². The predicted molar refractivity (Wildman–Crippen MR) is 135 cm³/mol. The average molecular weight is 521 g/mol. The summed E-state index contributed by atoms with van der Waals surface area (Å²) in [5.41, 5.74) is 0.0662. The zero-order chi connectivity index (χ0) is 25.3. The van der Waals surface area contributed by atoms with Crippen LogP contribution in [0.2, 0.25) is 0 Å². The third-order valence-corrected chi connectivity index (χ3v) is 10.3. The van der Waals surface area contributed by atoms with Crippen LogP contribution in [0.4, 0.5) is 5.82 Å². The van der Waals surface area contributed by atoms with Crippen molar-refractivity contribution in [1.29, 1.82) is 0 Å². The lowest BCUT2D eigenvalue weighted by atomic mass is 9.86. The van der Waals surface area contributed by atoms with Gasteiger partial charge in [0.15, 0.2) is 9.84 Å². The molecule has 2 fully saturated rings. The Hall–Kier alpha value is -2.06. The molecular weight excluding hydrogens is 487 g/mol. The van der Waals surface area contributed by atoms with Crippen LogP contribution in [-0.2, 0) is 33.7 Å². The molecule has 1 heterocycles. The van der Waals surface area contributed by atoms with Crippen LogP contribution in [-0.4, -0.2) is 38.8 Å². The molecule has 1 amide bonds. The van der Waals surface area contributed by atoms with E-state index in [1.54, 1.807) is 44.2 Å². The van der Waals surface area contributed by atoms with E-state index in [-0.39, 0.29) is 35.8 Å². The second kappa shape index (κ2) is 10.1. The van der Waals surface area contributed by atoms with Crippen LogP contribution in [0.25, 0.3) is 0 Å². The standard InChI is InChI=1S/C25H33N2O6PS/c1-4-32-34(29,33-5-2)20-14-15-26-23(16-20)27-24(28)25(17-22(25)18-8-6-7-9-18)19-10-12-21(13-11-19)35(3,30)31/h10-16,18,22H,4-9,17H2,1-3H3,(H,26,27,28). The van der Waals surface area contributed by atoms with Crippen LogP contribution in [0.1, 0.15) is 51.5 Å². The summed E-state index contributed by atoms with van der Waals surface area (Å²) >= 11 is 0. The van der Waals surface area contributed by atoms with Gasteiger partial charge in [0.05, 0.1) is 28.8 Å². The first-order chi connectivity index (χ1) is 16.6. The molecule has 4 rings (SSSR count). The van der Waals surface area contributed by atoms with Gasteiger partial charge >= 0.3 is 7.60 Å². The van der Waals surface area contributed by atoms with Crippen molar-refractivity contribution in [3.8, 4) is 0 Å². The minimum Gasteiger partial charge on any atom is -0.310 e. The lowest BCUT2D eigenvalue weighted by Crippen LogP contribution is -2.32. The number of hydrogen-bond acceptors (Lipinski definition) is 7. The first-order valence-electron chi connectivity index (χ1n) is 12.1. The summed E-state index contributed by atoms with van der Waals surface area (Å²) < 4.78 is 47.9. The van der Waals surface area contributed by atoms with Gasteiger partial charge in [0.25, 0.3) is 0 Å². The molecular formula is C25H33N2O6PS. The van der Waals surface area contributed by atoms with E-state index in [2.05, 4.69) is 10.3 Å². The van der Waals surface area contributed by atoms with E-state index in [9.17, 15) is 17.8 Å². The van der Waals surface area contributed by atoms with E-state index >= 15 is 0 Å². The lowest BCUT2D eigenvalue weighted by Gasteiger charge is -2.21. The van der Waals surface area contributed by atoms with E-state index < -0.39 is 22.8 Å². The van der Waals surface area contributed by atoms with Crippen LogP contribution in [0.15, 0.2) is 47.5 Å². The van der Waals surface area contributed by atoms with Gasteiger partial charge in [0.1, 0.15) is 5.82 Å². The molecule has 8 nitrogen and oxygen atoms in total. The highest BCUT2D eigenvalue weighted by Gasteiger charge is 2.63. The van der Waals surface area contributed by atoms with E-state index in [1.165, 1.54) is 31.4 Å². The zero-order valence-electron chi connectivity index (χ0n) is 20.4. The maximum atomic E-state index is 13.8. The molecule has 2 saturated carbocycles. The summed E-state index contributed by atoms with van der Waals surface area (Å²) in [7, 11) is -6.86. The molecule has 2 aliphatic rings. The number of nitrogens with zero attached hydrogens (tertiary/aromatic N) is 1. The van der Waals surface area contributed by atoms with Crippen molar-refractivity contribution in [2.24, 2.45) is 11.8 Å². The molecule has 0 radical (unpaired) electrons. The number of nitrogens with one attached hydrogen (secondary N) is 1. The molecule has 0 saturated heterocycles. The monoisotopic (exact) mass is 520 g/mol. The summed E-state index contributed by atoms with van der Waals surface area (Å²) in [6, 6.07) is 9.77. The summed E-state index contributed by atoms with van der Waals surface area (Å²) in [6.07, 6.45) is 7.88. The Kier molecular flexibility index (Phi) is 7.53. The number of pyridine rings is 1. The normalized spacial score (nSPS) is 22.8.